The van der Waals surface area contributed by atoms with E-state index in [0.29, 0.717) is 17.6 Å². The highest BCUT2D eigenvalue weighted by Crippen LogP contribution is 2.53. The third-order valence-electron chi connectivity index (χ3n) is 5.65. The lowest BCUT2D eigenvalue weighted by Gasteiger charge is -2.23. The Morgan fingerprint density at radius 2 is 1.62 bits per heavy atom. The van der Waals surface area contributed by atoms with E-state index >= 15 is 0 Å². The first-order valence-electron chi connectivity index (χ1n) is 12.6. The van der Waals surface area contributed by atoms with Gasteiger partial charge in [-0.1, -0.05) is 65.1 Å². The van der Waals surface area contributed by atoms with Gasteiger partial charge in [0.1, 0.15) is 18.1 Å². The summed E-state index contributed by atoms with van der Waals surface area (Å²) < 4.78 is 38.6. The summed E-state index contributed by atoms with van der Waals surface area (Å²) in [4.78, 5) is 37.0. The fourth-order valence-corrected chi connectivity index (χ4v) is 6.67. The molecule has 0 saturated carbocycles. The van der Waals surface area contributed by atoms with Crippen LogP contribution in [0.15, 0.2) is 12.7 Å². The molecular formula is C24H38N5O7PS2. The summed E-state index contributed by atoms with van der Waals surface area (Å²) in [6.45, 7) is 12.7. The quantitative estimate of drug-likeness (QED) is 0.275. The Bertz CT molecular complexity index is 1180. The number of nitrogens with two attached hydrogens (primary N) is 1. The Labute approximate surface area is 237 Å². The van der Waals surface area contributed by atoms with Crippen molar-refractivity contribution in [1.29, 1.82) is 0 Å². The zero-order chi connectivity index (χ0) is 29.0. The molecule has 39 heavy (non-hydrogen) atoms. The minimum absolute atomic E-state index is 0.00229. The predicted octanol–water partition coefficient (Wildman–Crippen LogP) is 4.85. The van der Waals surface area contributed by atoms with Gasteiger partial charge in [0.2, 0.25) is 0 Å². The number of anilines is 1. The van der Waals surface area contributed by atoms with Crippen LogP contribution in [-0.4, -0.2) is 66.7 Å². The number of ether oxygens (including phenoxy) is 1. The Morgan fingerprint density at radius 1 is 1.05 bits per heavy atom. The van der Waals surface area contributed by atoms with Gasteiger partial charge in [-0.15, -0.1) is 0 Å². The van der Waals surface area contributed by atoms with Gasteiger partial charge < -0.3 is 10.5 Å². The van der Waals surface area contributed by atoms with Gasteiger partial charge in [0.15, 0.2) is 21.7 Å². The Hall–Kier alpha value is -1.54. The highest BCUT2D eigenvalue weighted by Gasteiger charge is 2.41. The lowest BCUT2D eigenvalue weighted by molar-refractivity contribution is -0.118. The molecule has 0 amide bonds. The van der Waals surface area contributed by atoms with Crippen molar-refractivity contribution < 1.29 is 32.5 Å². The van der Waals surface area contributed by atoms with E-state index in [0.717, 1.165) is 23.5 Å². The van der Waals surface area contributed by atoms with Crippen LogP contribution in [0, 0.1) is 10.8 Å². The summed E-state index contributed by atoms with van der Waals surface area (Å²) >= 11 is 2.20. The number of thioether (sulfide) groups is 2. The summed E-state index contributed by atoms with van der Waals surface area (Å²) in [6.07, 6.45) is 1.64. The number of phosphoric ester groups is 1. The van der Waals surface area contributed by atoms with E-state index in [1.807, 2.05) is 41.5 Å². The molecule has 0 spiro atoms. The molecular weight excluding hydrogens is 565 g/mol. The molecule has 218 valence electrons. The fraction of sp³-hybridized carbons (Fsp3) is 0.708. The number of hydrogen-bond donors (Lipinski definition) is 1. The van der Waals surface area contributed by atoms with Crippen molar-refractivity contribution in [2.75, 3.05) is 30.5 Å². The second-order valence-electron chi connectivity index (χ2n) is 11.1. The molecule has 2 N–H and O–H groups in total. The second kappa shape index (κ2) is 13.0. The van der Waals surface area contributed by atoms with Crippen LogP contribution in [0.3, 0.4) is 0 Å². The van der Waals surface area contributed by atoms with Gasteiger partial charge in [0.25, 0.3) is 0 Å². The first-order chi connectivity index (χ1) is 18.1. The lowest BCUT2D eigenvalue weighted by atomic mass is 9.99. The highest BCUT2D eigenvalue weighted by atomic mass is 32.2. The summed E-state index contributed by atoms with van der Waals surface area (Å²) in [7, 11) is -4.07. The number of imidazole rings is 1. The molecule has 1 aliphatic heterocycles. The van der Waals surface area contributed by atoms with Gasteiger partial charge in [0.05, 0.1) is 31.7 Å². The van der Waals surface area contributed by atoms with Crippen molar-refractivity contribution in [1.82, 2.24) is 19.5 Å². The second-order valence-corrected chi connectivity index (χ2v) is 14.9. The molecule has 1 aliphatic rings. The highest BCUT2D eigenvalue weighted by molar-refractivity contribution is 8.14. The van der Waals surface area contributed by atoms with E-state index in [-0.39, 0.29) is 40.8 Å². The lowest BCUT2D eigenvalue weighted by Crippen LogP contribution is -2.22. The van der Waals surface area contributed by atoms with Crippen molar-refractivity contribution in [3.05, 3.63) is 12.7 Å². The van der Waals surface area contributed by atoms with E-state index < -0.39 is 37.1 Å². The van der Waals surface area contributed by atoms with Crippen LogP contribution in [0.5, 0.6) is 0 Å². The first kappa shape index (κ1) is 32.0. The van der Waals surface area contributed by atoms with Crippen molar-refractivity contribution in [3.63, 3.8) is 0 Å². The van der Waals surface area contributed by atoms with Crippen LogP contribution in [-0.2, 0) is 32.5 Å². The third kappa shape index (κ3) is 8.72. The molecule has 2 aromatic heterocycles. The minimum Gasteiger partial charge on any atom is -0.382 e. The zero-order valence-corrected chi connectivity index (χ0v) is 25.9. The topological polar surface area (TPSA) is 158 Å². The number of fused-ring (bicyclic) bond motifs is 1. The SMILES string of the molecule is C[C@H]1O[C@@H](n2cnc3c(N)ncnc32)C[C@@H]1OP(=O)(OCCSC(=O)C(C)(C)C)OCCSC(=O)C(C)(C)C. The molecule has 12 nitrogen and oxygen atoms in total. The molecule has 3 atom stereocenters. The van der Waals surface area contributed by atoms with Crippen molar-refractivity contribution >= 4 is 58.6 Å². The van der Waals surface area contributed by atoms with Crippen molar-refractivity contribution in [2.45, 2.75) is 73.3 Å². The molecule has 0 aromatic carbocycles. The van der Waals surface area contributed by atoms with Crippen LogP contribution in [0.1, 0.15) is 61.1 Å². The molecule has 15 heteroatoms. The third-order valence-corrected chi connectivity index (χ3v) is 9.66. The van der Waals surface area contributed by atoms with Crippen molar-refractivity contribution in [2.24, 2.45) is 10.8 Å². The van der Waals surface area contributed by atoms with Crippen LogP contribution >= 0.6 is 31.3 Å². The van der Waals surface area contributed by atoms with Gasteiger partial charge in [-0.3, -0.25) is 27.7 Å². The molecule has 0 unspecified atom stereocenters. The predicted molar refractivity (Wildman–Crippen MR) is 152 cm³/mol. The number of hydrogen-bond acceptors (Lipinski definition) is 13. The Morgan fingerprint density at radius 3 is 2.15 bits per heavy atom. The number of carbonyl (C=O) groups excluding carboxylic acids is 2. The van der Waals surface area contributed by atoms with E-state index in [9.17, 15) is 14.2 Å². The van der Waals surface area contributed by atoms with E-state index in [2.05, 4.69) is 15.0 Å². The van der Waals surface area contributed by atoms with Gasteiger partial charge in [-0.05, 0) is 6.92 Å². The maximum atomic E-state index is 13.7. The molecule has 3 heterocycles. The molecule has 0 bridgehead atoms. The van der Waals surface area contributed by atoms with Gasteiger partial charge in [0, 0.05) is 28.8 Å². The number of nitrogens with zero attached hydrogens (tertiary/aromatic N) is 4. The number of aromatic nitrogens is 4. The first-order valence-corrected chi connectivity index (χ1v) is 16.0. The summed E-state index contributed by atoms with van der Waals surface area (Å²) in [5, 5.41) is -0.00459. The number of nitrogen functional groups attached to an aromatic ring is 1. The standard InChI is InChI=1S/C24H38N5O7PS2/c1-15-16(12-17(35-15)29-14-28-18-19(25)26-13-27-20(18)29)36-37(32,33-8-10-38-21(30)23(2,3)4)34-9-11-39-22(31)24(5,6)7/h13-17H,8-12H2,1-7H3,(H2,25,26,27)/t15-,16+,17-/m1/s1. The summed E-state index contributed by atoms with van der Waals surface area (Å²) in [5.41, 5.74) is 5.86. The largest absolute Gasteiger partial charge is 0.475 e. The maximum absolute atomic E-state index is 13.7. The van der Waals surface area contributed by atoms with E-state index in [1.54, 1.807) is 17.8 Å². The molecule has 2 aromatic rings. The monoisotopic (exact) mass is 603 g/mol. The zero-order valence-electron chi connectivity index (χ0n) is 23.4. The molecule has 1 fully saturated rings. The average Bonchev–Trinajstić information content (AvgIpc) is 3.42. The number of phosphoric acid groups is 1. The number of rotatable bonds is 11. The van der Waals surface area contributed by atoms with E-state index in [4.69, 9.17) is 24.0 Å². The van der Waals surface area contributed by atoms with Crippen molar-refractivity contribution in [3.8, 4) is 0 Å². The van der Waals surface area contributed by atoms with Gasteiger partial charge in [-0.2, -0.15) is 0 Å². The Balaban J connectivity index is 1.66. The van der Waals surface area contributed by atoms with Crippen LogP contribution < -0.4 is 5.73 Å². The molecule has 1 saturated heterocycles. The Kier molecular flexibility index (Phi) is 10.6. The van der Waals surface area contributed by atoms with Crippen LogP contribution in [0.25, 0.3) is 11.2 Å². The normalized spacial score (nSPS) is 20.5. The molecule has 0 aliphatic carbocycles. The van der Waals surface area contributed by atoms with Gasteiger partial charge >= 0.3 is 7.82 Å². The molecule has 0 radical (unpaired) electrons. The fourth-order valence-electron chi connectivity index (χ4n) is 3.43. The number of carbonyl (C=O) groups is 2. The maximum Gasteiger partial charge on any atom is 0.475 e. The van der Waals surface area contributed by atoms with E-state index in [1.165, 1.54) is 6.33 Å². The van der Waals surface area contributed by atoms with Crippen LogP contribution in [0.2, 0.25) is 0 Å². The minimum atomic E-state index is -4.07. The van der Waals surface area contributed by atoms with Crippen LogP contribution in [0.4, 0.5) is 5.82 Å². The summed E-state index contributed by atoms with van der Waals surface area (Å²) in [5.74, 6) is 0.825. The average molecular weight is 604 g/mol. The van der Waals surface area contributed by atoms with Gasteiger partial charge in [-0.25, -0.2) is 19.5 Å². The summed E-state index contributed by atoms with van der Waals surface area (Å²) in [6, 6.07) is 0. The molecule has 3 rings (SSSR count). The smallest absolute Gasteiger partial charge is 0.382 e.